The number of nitrogens with one attached hydrogen (secondary N) is 1. The molecule has 2 atom stereocenters. The van der Waals surface area contributed by atoms with Crippen molar-refractivity contribution < 1.29 is 0 Å². The molecule has 20 heavy (non-hydrogen) atoms. The van der Waals surface area contributed by atoms with Crippen molar-refractivity contribution in [3.05, 3.63) is 34.9 Å². The van der Waals surface area contributed by atoms with Crippen LogP contribution < -0.4 is 5.32 Å². The molecule has 4 heteroatoms. The van der Waals surface area contributed by atoms with Crippen molar-refractivity contribution in [1.29, 1.82) is 0 Å². The summed E-state index contributed by atoms with van der Waals surface area (Å²) >= 11 is 6.30. The molecule has 0 saturated carbocycles. The van der Waals surface area contributed by atoms with Gasteiger partial charge in [0.25, 0.3) is 0 Å². The zero-order valence-electron chi connectivity index (χ0n) is 12.8. The molecule has 1 aromatic carbocycles. The highest BCUT2D eigenvalue weighted by Gasteiger charge is 2.24. The maximum Gasteiger partial charge on any atom is 0.0453 e. The van der Waals surface area contributed by atoms with Crippen molar-refractivity contribution in [2.75, 3.05) is 40.8 Å². The Labute approximate surface area is 127 Å². The lowest BCUT2D eigenvalue weighted by Crippen LogP contribution is -2.32. The van der Waals surface area contributed by atoms with E-state index in [0.717, 1.165) is 18.0 Å². The van der Waals surface area contributed by atoms with E-state index in [1.54, 1.807) is 0 Å². The largest absolute Gasteiger partial charge is 0.313 e. The van der Waals surface area contributed by atoms with E-state index in [2.05, 4.69) is 41.3 Å². The molecule has 2 rings (SSSR count). The fourth-order valence-corrected chi connectivity index (χ4v) is 3.23. The van der Waals surface area contributed by atoms with Crippen LogP contribution in [-0.4, -0.2) is 56.6 Å². The number of halogens is 1. The van der Waals surface area contributed by atoms with Gasteiger partial charge in [0, 0.05) is 30.2 Å². The molecule has 0 spiro atoms. The molecule has 1 N–H and O–H groups in total. The first-order chi connectivity index (χ1) is 9.61. The number of likely N-dealkylation sites (N-methyl/N-ethyl adjacent to an activating group) is 1. The number of hydrogen-bond donors (Lipinski definition) is 1. The van der Waals surface area contributed by atoms with Crippen LogP contribution in [0.15, 0.2) is 24.3 Å². The van der Waals surface area contributed by atoms with Crippen LogP contribution in [-0.2, 0) is 0 Å². The average molecular weight is 296 g/mol. The zero-order chi connectivity index (χ0) is 14.5. The molecule has 1 heterocycles. The highest BCUT2D eigenvalue weighted by atomic mass is 35.5. The van der Waals surface area contributed by atoms with Crippen LogP contribution in [0.25, 0.3) is 0 Å². The van der Waals surface area contributed by atoms with E-state index in [9.17, 15) is 0 Å². The molecular weight excluding hydrogens is 270 g/mol. The number of benzene rings is 1. The molecule has 2 unspecified atom stereocenters. The molecule has 1 aliphatic heterocycles. The van der Waals surface area contributed by atoms with E-state index in [1.165, 1.54) is 25.1 Å². The Kier molecular flexibility index (Phi) is 5.85. The Hall–Kier alpha value is -0.610. The first-order valence-corrected chi connectivity index (χ1v) is 7.80. The van der Waals surface area contributed by atoms with Gasteiger partial charge in [0.15, 0.2) is 0 Å². The van der Waals surface area contributed by atoms with Gasteiger partial charge in [-0.15, -0.1) is 0 Å². The van der Waals surface area contributed by atoms with Crippen LogP contribution in [0.1, 0.15) is 24.4 Å². The molecule has 0 radical (unpaired) electrons. The maximum absolute atomic E-state index is 6.30. The lowest BCUT2D eigenvalue weighted by atomic mass is 10.0. The second kappa shape index (κ2) is 7.41. The quantitative estimate of drug-likeness (QED) is 0.870. The molecular formula is C16H26ClN3. The van der Waals surface area contributed by atoms with E-state index >= 15 is 0 Å². The molecule has 1 aliphatic rings. The molecule has 1 saturated heterocycles. The molecule has 3 nitrogen and oxygen atoms in total. The lowest BCUT2D eigenvalue weighted by molar-refractivity contribution is 0.261. The van der Waals surface area contributed by atoms with Crippen LogP contribution >= 0.6 is 11.6 Å². The predicted octanol–water partition coefficient (Wildman–Crippen LogP) is 2.63. The standard InChI is InChI=1S/C16H26ClN3/c1-18-16(14-6-4-5-7-15(14)17)9-11-20-10-8-13(12-20)19(2)3/h4-7,13,16,18H,8-12H2,1-3H3. The molecule has 0 amide bonds. The topological polar surface area (TPSA) is 18.5 Å². The van der Waals surface area contributed by atoms with Gasteiger partial charge in [0.1, 0.15) is 0 Å². The number of likely N-dealkylation sites (tertiary alicyclic amines) is 1. The predicted molar refractivity (Wildman–Crippen MR) is 86.4 cm³/mol. The van der Waals surface area contributed by atoms with Gasteiger partial charge in [-0.2, -0.15) is 0 Å². The van der Waals surface area contributed by atoms with Crippen molar-refractivity contribution >= 4 is 11.6 Å². The molecule has 0 aliphatic carbocycles. The van der Waals surface area contributed by atoms with E-state index in [-0.39, 0.29) is 0 Å². The van der Waals surface area contributed by atoms with Crippen molar-refractivity contribution in [1.82, 2.24) is 15.1 Å². The lowest BCUT2D eigenvalue weighted by Gasteiger charge is -2.23. The molecule has 1 fully saturated rings. The Morgan fingerprint density at radius 2 is 2.15 bits per heavy atom. The Morgan fingerprint density at radius 3 is 2.75 bits per heavy atom. The van der Waals surface area contributed by atoms with E-state index in [4.69, 9.17) is 11.6 Å². The van der Waals surface area contributed by atoms with Crippen molar-refractivity contribution in [2.45, 2.75) is 24.9 Å². The Balaban J connectivity index is 1.88. The fourth-order valence-electron chi connectivity index (χ4n) is 2.96. The molecule has 0 bridgehead atoms. The van der Waals surface area contributed by atoms with Crippen molar-refractivity contribution in [2.24, 2.45) is 0 Å². The zero-order valence-corrected chi connectivity index (χ0v) is 13.5. The van der Waals surface area contributed by atoms with Gasteiger partial charge in [-0.3, -0.25) is 0 Å². The Bertz CT molecular complexity index is 422. The van der Waals surface area contributed by atoms with Crippen LogP contribution in [0.3, 0.4) is 0 Å². The van der Waals surface area contributed by atoms with Gasteiger partial charge in [-0.1, -0.05) is 29.8 Å². The third-order valence-electron chi connectivity index (χ3n) is 4.34. The van der Waals surface area contributed by atoms with Crippen LogP contribution in [0.5, 0.6) is 0 Å². The summed E-state index contributed by atoms with van der Waals surface area (Å²) in [7, 11) is 6.36. The molecule has 1 aromatic rings. The van der Waals surface area contributed by atoms with Crippen molar-refractivity contribution in [3.63, 3.8) is 0 Å². The first kappa shape index (κ1) is 15.8. The maximum atomic E-state index is 6.30. The van der Waals surface area contributed by atoms with E-state index < -0.39 is 0 Å². The summed E-state index contributed by atoms with van der Waals surface area (Å²) in [6, 6.07) is 9.19. The highest BCUT2D eigenvalue weighted by Crippen LogP contribution is 2.25. The van der Waals surface area contributed by atoms with Gasteiger partial charge in [-0.25, -0.2) is 0 Å². The summed E-state index contributed by atoms with van der Waals surface area (Å²) in [4.78, 5) is 4.90. The van der Waals surface area contributed by atoms with E-state index in [0.29, 0.717) is 12.1 Å². The van der Waals surface area contributed by atoms with Crippen LogP contribution in [0.4, 0.5) is 0 Å². The normalized spacial score (nSPS) is 21.6. The number of rotatable bonds is 6. The van der Waals surface area contributed by atoms with Crippen LogP contribution in [0, 0.1) is 0 Å². The minimum atomic E-state index is 0.335. The Morgan fingerprint density at radius 1 is 1.40 bits per heavy atom. The third-order valence-corrected chi connectivity index (χ3v) is 4.69. The SMILES string of the molecule is CNC(CCN1CCC(N(C)C)C1)c1ccccc1Cl. The van der Waals surface area contributed by atoms with Gasteiger partial charge in [-0.05, 0) is 52.2 Å². The summed E-state index contributed by atoms with van der Waals surface area (Å²) < 4.78 is 0. The minimum Gasteiger partial charge on any atom is -0.313 e. The van der Waals surface area contributed by atoms with Gasteiger partial charge >= 0.3 is 0 Å². The van der Waals surface area contributed by atoms with Crippen molar-refractivity contribution in [3.8, 4) is 0 Å². The monoisotopic (exact) mass is 295 g/mol. The van der Waals surface area contributed by atoms with Crippen LogP contribution in [0.2, 0.25) is 5.02 Å². The minimum absolute atomic E-state index is 0.335. The second-order valence-corrected chi connectivity index (χ2v) is 6.27. The third kappa shape index (κ3) is 3.95. The molecule has 0 aromatic heterocycles. The average Bonchev–Trinajstić information content (AvgIpc) is 2.90. The summed E-state index contributed by atoms with van der Waals surface area (Å²) in [5.41, 5.74) is 1.21. The fraction of sp³-hybridized carbons (Fsp3) is 0.625. The molecule has 112 valence electrons. The van der Waals surface area contributed by atoms with Gasteiger partial charge in [0.05, 0.1) is 0 Å². The summed E-state index contributed by atoms with van der Waals surface area (Å²) in [6.07, 6.45) is 2.38. The second-order valence-electron chi connectivity index (χ2n) is 5.86. The van der Waals surface area contributed by atoms with Gasteiger partial charge < -0.3 is 15.1 Å². The summed E-state index contributed by atoms with van der Waals surface area (Å²) in [5, 5.41) is 4.26. The van der Waals surface area contributed by atoms with Gasteiger partial charge in [0.2, 0.25) is 0 Å². The number of nitrogens with zero attached hydrogens (tertiary/aromatic N) is 2. The first-order valence-electron chi connectivity index (χ1n) is 7.42. The van der Waals surface area contributed by atoms with E-state index in [1.807, 2.05) is 19.2 Å². The highest BCUT2D eigenvalue weighted by molar-refractivity contribution is 6.31. The summed E-state index contributed by atoms with van der Waals surface area (Å²) in [5.74, 6) is 0. The summed E-state index contributed by atoms with van der Waals surface area (Å²) in [6.45, 7) is 3.52. The number of hydrogen-bond acceptors (Lipinski definition) is 3. The smallest absolute Gasteiger partial charge is 0.0453 e.